The number of ether oxygens (including phenoxy) is 1. The summed E-state index contributed by atoms with van der Waals surface area (Å²) < 4.78 is 31.6. The van der Waals surface area contributed by atoms with E-state index in [0.29, 0.717) is 18.5 Å². The lowest BCUT2D eigenvalue weighted by atomic mass is 10.0. The van der Waals surface area contributed by atoms with Crippen LogP contribution in [-0.2, 0) is 34.1 Å². The first-order valence-corrected chi connectivity index (χ1v) is 12.3. The number of hydrogen-bond donors (Lipinski definition) is 0. The summed E-state index contributed by atoms with van der Waals surface area (Å²) in [6, 6.07) is 15.2. The molecule has 1 aliphatic rings. The van der Waals surface area contributed by atoms with Crippen molar-refractivity contribution in [1.29, 1.82) is 0 Å². The molecule has 0 spiro atoms. The number of aromatic nitrogens is 1. The molecular weight excluding hydrogens is 412 g/mol. The first-order chi connectivity index (χ1) is 14.5. The molecule has 0 fully saturated rings. The zero-order valence-electron chi connectivity index (χ0n) is 18.4. The molecule has 0 unspecified atom stereocenters. The lowest BCUT2D eigenvalue weighted by Crippen LogP contribution is -2.33. The second-order valence-electron chi connectivity index (χ2n) is 9.14. The SMILES string of the molecule is CC(C)(C)OC(=O)n1c2c(c3cc(S(C)(=O)=O)ccc31)CN(Cc1ccccc1)CC2. The second kappa shape index (κ2) is 7.80. The van der Waals surface area contributed by atoms with Gasteiger partial charge in [0.1, 0.15) is 5.60 Å². The molecule has 0 bridgehead atoms. The third-order valence-electron chi connectivity index (χ3n) is 5.45. The van der Waals surface area contributed by atoms with E-state index < -0.39 is 21.5 Å². The highest BCUT2D eigenvalue weighted by molar-refractivity contribution is 7.90. The Bertz CT molecular complexity index is 1240. The topological polar surface area (TPSA) is 68.6 Å². The molecule has 6 nitrogen and oxygen atoms in total. The van der Waals surface area contributed by atoms with E-state index in [1.54, 1.807) is 22.8 Å². The largest absolute Gasteiger partial charge is 0.443 e. The predicted octanol–water partition coefficient (Wildman–Crippen LogP) is 4.39. The molecule has 4 rings (SSSR count). The molecule has 164 valence electrons. The summed E-state index contributed by atoms with van der Waals surface area (Å²) in [5.41, 5.74) is 3.18. The van der Waals surface area contributed by atoms with Crippen molar-refractivity contribution in [3.05, 3.63) is 65.4 Å². The van der Waals surface area contributed by atoms with Gasteiger partial charge in [-0.3, -0.25) is 4.90 Å². The van der Waals surface area contributed by atoms with E-state index in [2.05, 4.69) is 17.0 Å². The summed E-state index contributed by atoms with van der Waals surface area (Å²) >= 11 is 0. The van der Waals surface area contributed by atoms with Crippen LogP contribution in [0.1, 0.15) is 37.6 Å². The van der Waals surface area contributed by atoms with Crippen molar-refractivity contribution in [3.63, 3.8) is 0 Å². The third kappa shape index (κ3) is 4.52. The highest BCUT2D eigenvalue weighted by Crippen LogP contribution is 2.33. The van der Waals surface area contributed by atoms with Crippen LogP contribution >= 0.6 is 0 Å². The van der Waals surface area contributed by atoms with Gasteiger partial charge < -0.3 is 4.74 Å². The Labute approximate surface area is 183 Å². The smallest absolute Gasteiger partial charge is 0.419 e. The second-order valence-corrected chi connectivity index (χ2v) is 11.2. The maximum Gasteiger partial charge on any atom is 0.419 e. The minimum Gasteiger partial charge on any atom is -0.443 e. The molecule has 2 aromatic carbocycles. The number of carbonyl (C=O) groups is 1. The van der Waals surface area contributed by atoms with E-state index >= 15 is 0 Å². The number of fused-ring (bicyclic) bond motifs is 3. The molecule has 1 aliphatic heterocycles. The number of rotatable bonds is 3. The van der Waals surface area contributed by atoms with Gasteiger partial charge in [-0.2, -0.15) is 0 Å². The van der Waals surface area contributed by atoms with Crippen molar-refractivity contribution >= 4 is 26.8 Å². The van der Waals surface area contributed by atoms with Crippen molar-refractivity contribution in [3.8, 4) is 0 Å². The standard InChI is InChI=1S/C24H28N2O4S/c1-24(2,3)30-23(27)26-21-11-10-18(31(4,28)29)14-19(21)20-16-25(13-12-22(20)26)15-17-8-6-5-7-9-17/h5-11,14H,12-13,15-16H2,1-4H3. The van der Waals surface area contributed by atoms with E-state index in [1.807, 2.05) is 39.0 Å². The van der Waals surface area contributed by atoms with E-state index in [-0.39, 0.29) is 4.90 Å². The highest BCUT2D eigenvalue weighted by Gasteiger charge is 2.29. The van der Waals surface area contributed by atoms with E-state index in [9.17, 15) is 13.2 Å². The maximum atomic E-state index is 13.1. The van der Waals surface area contributed by atoms with Crippen LogP contribution in [0.4, 0.5) is 4.79 Å². The van der Waals surface area contributed by atoms with E-state index in [1.165, 1.54) is 11.8 Å². The molecule has 1 aromatic heterocycles. The maximum absolute atomic E-state index is 13.1. The Kier molecular flexibility index (Phi) is 5.43. The molecule has 31 heavy (non-hydrogen) atoms. The van der Waals surface area contributed by atoms with Gasteiger partial charge in [0.05, 0.1) is 10.4 Å². The minimum atomic E-state index is -3.36. The molecule has 0 radical (unpaired) electrons. The van der Waals surface area contributed by atoms with Gasteiger partial charge in [-0.15, -0.1) is 0 Å². The molecule has 0 saturated heterocycles. The van der Waals surface area contributed by atoms with Crippen LogP contribution < -0.4 is 0 Å². The van der Waals surface area contributed by atoms with Gasteiger partial charge in [0.15, 0.2) is 9.84 Å². The van der Waals surface area contributed by atoms with Gasteiger partial charge in [0.25, 0.3) is 0 Å². The monoisotopic (exact) mass is 440 g/mol. The summed E-state index contributed by atoms with van der Waals surface area (Å²) in [6.07, 6.45) is 1.46. The Hall–Kier alpha value is -2.64. The minimum absolute atomic E-state index is 0.254. The number of nitrogens with zero attached hydrogens (tertiary/aromatic N) is 2. The molecule has 7 heteroatoms. The molecule has 0 N–H and O–H groups in total. The van der Waals surface area contributed by atoms with Gasteiger partial charge in [0.2, 0.25) is 0 Å². The van der Waals surface area contributed by atoms with Crippen LogP contribution in [0.3, 0.4) is 0 Å². The van der Waals surface area contributed by atoms with Crippen molar-refractivity contribution in [2.24, 2.45) is 0 Å². The average molecular weight is 441 g/mol. The zero-order chi connectivity index (χ0) is 22.4. The number of sulfone groups is 1. The number of carbonyl (C=O) groups excluding carboxylic acids is 1. The third-order valence-corrected chi connectivity index (χ3v) is 6.56. The lowest BCUT2D eigenvalue weighted by molar-refractivity contribution is 0.0537. The lowest BCUT2D eigenvalue weighted by Gasteiger charge is -2.28. The first kappa shape index (κ1) is 21.6. The Morgan fingerprint density at radius 1 is 1.10 bits per heavy atom. The fourth-order valence-electron chi connectivity index (χ4n) is 4.12. The summed E-state index contributed by atoms with van der Waals surface area (Å²) in [5, 5.41) is 0.793. The quantitative estimate of drug-likeness (QED) is 0.604. The summed E-state index contributed by atoms with van der Waals surface area (Å²) in [4.78, 5) is 15.6. The van der Waals surface area contributed by atoms with Crippen molar-refractivity contribution < 1.29 is 17.9 Å². The molecule has 0 aliphatic carbocycles. The molecule has 0 atom stereocenters. The molecule has 2 heterocycles. The van der Waals surface area contributed by atoms with Crippen LogP contribution in [0.15, 0.2) is 53.4 Å². The van der Waals surface area contributed by atoms with Gasteiger partial charge in [-0.1, -0.05) is 30.3 Å². The van der Waals surface area contributed by atoms with Gasteiger partial charge >= 0.3 is 6.09 Å². The van der Waals surface area contributed by atoms with E-state index in [0.717, 1.165) is 29.7 Å². The Balaban J connectivity index is 1.80. The first-order valence-electron chi connectivity index (χ1n) is 10.4. The number of benzene rings is 2. The molecule has 0 saturated carbocycles. The van der Waals surface area contributed by atoms with Crippen molar-refractivity contribution in [2.45, 2.75) is 50.8 Å². The van der Waals surface area contributed by atoms with Crippen LogP contribution in [0.2, 0.25) is 0 Å². The van der Waals surface area contributed by atoms with Gasteiger partial charge in [-0.25, -0.2) is 17.8 Å². The fraction of sp³-hybridized carbons (Fsp3) is 0.375. The fourth-order valence-corrected chi connectivity index (χ4v) is 4.76. The van der Waals surface area contributed by atoms with Crippen LogP contribution in [0, 0.1) is 0 Å². The average Bonchev–Trinajstić information content (AvgIpc) is 3.00. The van der Waals surface area contributed by atoms with E-state index in [4.69, 9.17) is 4.74 Å². The molecular formula is C24H28N2O4S. The van der Waals surface area contributed by atoms with Crippen molar-refractivity contribution in [2.75, 3.05) is 12.8 Å². The van der Waals surface area contributed by atoms with Gasteiger partial charge in [-0.05, 0) is 50.1 Å². The van der Waals surface area contributed by atoms with Crippen molar-refractivity contribution in [1.82, 2.24) is 9.47 Å². The Morgan fingerprint density at radius 3 is 2.45 bits per heavy atom. The molecule has 0 amide bonds. The van der Waals surface area contributed by atoms with Crippen LogP contribution in [0.25, 0.3) is 10.9 Å². The summed E-state index contributed by atoms with van der Waals surface area (Å²) in [6.45, 7) is 7.76. The summed E-state index contributed by atoms with van der Waals surface area (Å²) in [5.74, 6) is 0. The zero-order valence-corrected chi connectivity index (χ0v) is 19.2. The van der Waals surface area contributed by atoms with Gasteiger partial charge in [0, 0.05) is 43.4 Å². The highest BCUT2D eigenvalue weighted by atomic mass is 32.2. The predicted molar refractivity (Wildman–Crippen MR) is 121 cm³/mol. The summed E-state index contributed by atoms with van der Waals surface area (Å²) in [7, 11) is -3.36. The number of hydrogen-bond acceptors (Lipinski definition) is 5. The Morgan fingerprint density at radius 2 is 1.81 bits per heavy atom. The molecule has 3 aromatic rings. The normalized spacial score (nSPS) is 15.1. The van der Waals surface area contributed by atoms with Crippen LogP contribution in [-0.4, -0.2) is 42.4 Å². The van der Waals surface area contributed by atoms with Crippen LogP contribution in [0.5, 0.6) is 0 Å².